The molecule has 68 valence electrons. The molecule has 0 saturated carbocycles. The number of rotatable bonds is 5. The highest BCUT2D eigenvalue weighted by Crippen LogP contribution is 1.88. The van der Waals surface area contributed by atoms with E-state index in [1.807, 2.05) is 0 Å². The van der Waals surface area contributed by atoms with Crippen molar-refractivity contribution >= 4 is 17.8 Å². The van der Waals surface area contributed by atoms with Crippen LogP contribution in [-0.4, -0.2) is 29.4 Å². The quantitative estimate of drug-likeness (QED) is 0.370. The number of nitrogens with two attached hydrogens (primary N) is 1. The van der Waals surface area contributed by atoms with E-state index >= 15 is 0 Å². The van der Waals surface area contributed by atoms with Crippen LogP contribution in [0.15, 0.2) is 0 Å². The van der Waals surface area contributed by atoms with Crippen molar-refractivity contribution in [1.29, 1.82) is 0 Å². The van der Waals surface area contributed by atoms with Crippen molar-refractivity contribution in [3.05, 3.63) is 0 Å². The number of urea groups is 1. The van der Waals surface area contributed by atoms with Gasteiger partial charge in [-0.3, -0.25) is 4.79 Å². The zero-order valence-electron chi connectivity index (χ0n) is 6.37. The lowest BCUT2D eigenvalue weighted by atomic mass is 10.2. The minimum absolute atomic E-state index is 0.0877. The maximum absolute atomic E-state index is 10.4. The molecule has 0 aromatic carbocycles. The zero-order valence-corrected chi connectivity index (χ0v) is 6.37. The fraction of sp³-hybridized carbons (Fsp3) is 0.500. The predicted octanol–water partition coefficient (Wildman–Crippen LogP) is -0.911. The average molecular weight is 174 g/mol. The SMILES string of the molecule is NC(=O)NCCCC(=O)C(=O)O. The van der Waals surface area contributed by atoms with Crippen molar-refractivity contribution in [3.8, 4) is 0 Å². The molecule has 6 heteroatoms. The molecule has 0 unspecified atom stereocenters. The van der Waals surface area contributed by atoms with Crippen molar-refractivity contribution in [2.24, 2.45) is 5.73 Å². The summed E-state index contributed by atoms with van der Waals surface area (Å²) in [7, 11) is 0. The van der Waals surface area contributed by atoms with E-state index in [1.165, 1.54) is 0 Å². The summed E-state index contributed by atoms with van der Waals surface area (Å²) >= 11 is 0. The fourth-order valence-electron chi connectivity index (χ4n) is 0.567. The molecular weight excluding hydrogens is 164 g/mol. The molecule has 0 aliphatic carbocycles. The van der Waals surface area contributed by atoms with Crippen molar-refractivity contribution < 1.29 is 19.5 Å². The number of hydrogen-bond donors (Lipinski definition) is 3. The van der Waals surface area contributed by atoms with E-state index in [4.69, 9.17) is 10.8 Å². The largest absolute Gasteiger partial charge is 0.476 e. The number of carboxylic acid groups (broad SMARTS) is 1. The predicted molar refractivity (Wildman–Crippen MR) is 39.5 cm³/mol. The summed E-state index contributed by atoms with van der Waals surface area (Å²) in [5, 5.41) is 10.4. The van der Waals surface area contributed by atoms with Gasteiger partial charge in [0, 0.05) is 13.0 Å². The van der Waals surface area contributed by atoms with E-state index < -0.39 is 17.8 Å². The van der Waals surface area contributed by atoms with Crippen LogP contribution in [0, 0.1) is 0 Å². The highest BCUT2D eigenvalue weighted by atomic mass is 16.4. The lowest BCUT2D eigenvalue weighted by Crippen LogP contribution is -2.30. The van der Waals surface area contributed by atoms with E-state index in [9.17, 15) is 14.4 Å². The molecule has 0 bridgehead atoms. The smallest absolute Gasteiger partial charge is 0.372 e. The van der Waals surface area contributed by atoms with E-state index in [0.717, 1.165) is 0 Å². The lowest BCUT2D eigenvalue weighted by molar-refractivity contribution is -0.149. The number of carbonyl (C=O) groups excluding carboxylic acids is 2. The van der Waals surface area contributed by atoms with Gasteiger partial charge in [-0.05, 0) is 6.42 Å². The molecule has 12 heavy (non-hydrogen) atoms. The third-order valence-corrected chi connectivity index (χ3v) is 1.12. The number of nitrogens with one attached hydrogen (secondary N) is 1. The number of Topliss-reactive ketones (excluding diaryl/α,β-unsaturated/α-hetero) is 1. The van der Waals surface area contributed by atoms with E-state index in [2.05, 4.69) is 5.32 Å². The first-order valence-electron chi connectivity index (χ1n) is 3.33. The average Bonchev–Trinajstić information content (AvgIpc) is 1.97. The maximum atomic E-state index is 10.4. The summed E-state index contributed by atoms with van der Waals surface area (Å²) in [6.07, 6.45) is 0.198. The number of primary amides is 1. The Bertz CT molecular complexity index is 202. The van der Waals surface area contributed by atoms with Crippen LogP contribution in [0.1, 0.15) is 12.8 Å². The standard InChI is InChI=1S/C6H10N2O4/c7-6(12)8-3-1-2-4(9)5(10)11/h1-3H2,(H,10,11)(H3,7,8,12). The summed E-state index contributed by atoms with van der Waals surface area (Å²) in [4.78, 5) is 30.5. The lowest BCUT2D eigenvalue weighted by Gasteiger charge is -1.98. The van der Waals surface area contributed by atoms with Gasteiger partial charge in [0.25, 0.3) is 0 Å². The third-order valence-electron chi connectivity index (χ3n) is 1.12. The Morgan fingerprint density at radius 1 is 1.33 bits per heavy atom. The Labute approximate surface area is 68.7 Å². The Kier molecular flexibility index (Phi) is 4.43. The van der Waals surface area contributed by atoms with E-state index in [-0.39, 0.29) is 19.4 Å². The molecule has 0 spiro atoms. The molecule has 0 aromatic rings. The summed E-state index contributed by atoms with van der Waals surface area (Å²) in [5.74, 6) is -2.31. The molecule has 6 nitrogen and oxygen atoms in total. The Balaban J connectivity index is 3.38. The van der Waals surface area contributed by atoms with Crippen molar-refractivity contribution in [1.82, 2.24) is 5.32 Å². The Hall–Kier alpha value is -1.59. The fourth-order valence-corrected chi connectivity index (χ4v) is 0.567. The van der Waals surface area contributed by atoms with Gasteiger partial charge in [-0.15, -0.1) is 0 Å². The van der Waals surface area contributed by atoms with Crippen molar-refractivity contribution in [2.45, 2.75) is 12.8 Å². The number of aliphatic carboxylic acids is 1. The van der Waals surface area contributed by atoms with E-state index in [1.54, 1.807) is 0 Å². The van der Waals surface area contributed by atoms with Crippen LogP contribution in [0.2, 0.25) is 0 Å². The summed E-state index contributed by atoms with van der Waals surface area (Å²) in [6, 6.07) is -0.683. The summed E-state index contributed by atoms with van der Waals surface area (Å²) in [6.45, 7) is 0.217. The van der Waals surface area contributed by atoms with Gasteiger partial charge in [0.05, 0.1) is 0 Å². The van der Waals surface area contributed by atoms with Gasteiger partial charge >= 0.3 is 12.0 Å². The molecule has 0 aliphatic rings. The van der Waals surface area contributed by atoms with Crippen LogP contribution < -0.4 is 11.1 Å². The molecule has 0 heterocycles. The number of carboxylic acids is 1. The van der Waals surface area contributed by atoms with Crippen LogP contribution in [0.25, 0.3) is 0 Å². The molecule has 0 aromatic heterocycles. The maximum Gasteiger partial charge on any atom is 0.372 e. The molecule has 2 amide bonds. The van der Waals surface area contributed by atoms with Crippen molar-refractivity contribution in [3.63, 3.8) is 0 Å². The van der Waals surface area contributed by atoms with E-state index in [0.29, 0.717) is 0 Å². The van der Waals surface area contributed by atoms with Crippen molar-refractivity contribution in [2.75, 3.05) is 6.54 Å². The van der Waals surface area contributed by atoms with Gasteiger partial charge in [-0.2, -0.15) is 0 Å². The molecule has 4 N–H and O–H groups in total. The first kappa shape index (κ1) is 10.4. The monoisotopic (exact) mass is 174 g/mol. The highest BCUT2D eigenvalue weighted by molar-refractivity contribution is 6.32. The first-order chi connectivity index (χ1) is 5.54. The molecule has 0 saturated heterocycles. The second-order valence-corrected chi connectivity index (χ2v) is 2.12. The van der Waals surface area contributed by atoms with Gasteiger partial charge in [-0.25, -0.2) is 9.59 Å². The molecule has 0 fully saturated rings. The van der Waals surface area contributed by atoms with Gasteiger partial charge in [0.1, 0.15) is 0 Å². The molecule has 0 atom stereocenters. The van der Waals surface area contributed by atoms with Gasteiger partial charge in [0.15, 0.2) is 0 Å². The van der Waals surface area contributed by atoms with Crippen LogP contribution in [-0.2, 0) is 9.59 Å². The second kappa shape index (κ2) is 5.11. The molecule has 0 aliphatic heterocycles. The number of ketones is 1. The van der Waals surface area contributed by atoms with Crippen LogP contribution in [0.4, 0.5) is 4.79 Å². The highest BCUT2D eigenvalue weighted by Gasteiger charge is 2.09. The van der Waals surface area contributed by atoms with Crippen LogP contribution >= 0.6 is 0 Å². The topological polar surface area (TPSA) is 109 Å². The Morgan fingerprint density at radius 3 is 2.33 bits per heavy atom. The first-order valence-corrected chi connectivity index (χ1v) is 3.33. The third kappa shape index (κ3) is 5.21. The molecule has 0 rings (SSSR count). The normalized spacial score (nSPS) is 9.00. The second-order valence-electron chi connectivity index (χ2n) is 2.12. The van der Waals surface area contributed by atoms with Crippen LogP contribution in [0.5, 0.6) is 0 Å². The zero-order chi connectivity index (χ0) is 9.56. The minimum atomic E-state index is -1.45. The Morgan fingerprint density at radius 2 is 1.92 bits per heavy atom. The molecule has 0 radical (unpaired) electrons. The summed E-state index contributed by atoms with van der Waals surface area (Å²) in [5.41, 5.74) is 4.72. The number of carbonyl (C=O) groups is 3. The van der Waals surface area contributed by atoms with Crippen LogP contribution in [0.3, 0.4) is 0 Å². The van der Waals surface area contributed by atoms with Gasteiger partial charge in [-0.1, -0.05) is 0 Å². The summed E-state index contributed by atoms with van der Waals surface area (Å²) < 4.78 is 0. The van der Waals surface area contributed by atoms with Gasteiger partial charge in [0.2, 0.25) is 5.78 Å². The number of amides is 2. The molecular formula is C6H10N2O4. The van der Waals surface area contributed by atoms with Gasteiger partial charge < -0.3 is 16.2 Å². The minimum Gasteiger partial charge on any atom is -0.476 e. The number of hydrogen-bond acceptors (Lipinski definition) is 3.